The summed E-state index contributed by atoms with van der Waals surface area (Å²) in [6.07, 6.45) is 0. The Kier molecular flexibility index (Phi) is 4.23. The maximum atomic E-state index is 5.16. The van der Waals surface area contributed by atoms with Crippen LogP contribution < -0.4 is 42.9 Å². The first-order chi connectivity index (χ1) is 9.73. The monoisotopic (exact) mass is 278 g/mol. The van der Waals surface area contributed by atoms with Gasteiger partial charge in [0.15, 0.2) is 23.0 Å². The summed E-state index contributed by atoms with van der Waals surface area (Å²) >= 11 is 0. The summed E-state index contributed by atoms with van der Waals surface area (Å²) in [5, 5.41) is 0. The van der Waals surface area contributed by atoms with Gasteiger partial charge in [0.1, 0.15) is 0 Å². The van der Waals surface area contributed by atoms with Crippen LogP contribution in [0.15, 0.2) is 36.4 Å². The quantitative estimate of drug-likeness (QED) is 0.574. The number of benzene rings is 2. The van der Waals surface area contributed by atoms with Gasteiger partial charge in [-0.2, -0.15) is 23.6 Å². The van der Waals surface area contributed by atoms with Crippen LogP contribution in [0.2, 0.25) is 0 Å². The van der Waals surface area contributed by atoms with Gasteiger partial charge in [-0.1, -0.05) is 12.1 Å². The van der Waals surface area contributed by atoms with E-state index in [0.717, 1.165) is 11.1 Å². The van der Waals surface area contributed by atoms with E-state index in [1.165, 1.54) is 0 Å². The topological polar surface area (TPSA) is 141 Å². The molecule has 20 heavy (non-hydrogen) atoms. The van der Waals surface area contributed by atoms with Crippen LogP contribution in [-0.2, 0) is 0 Å². The number of nitrogens with two attached hydrogens (primary N) is 4. The molecule has 8 heteroatoms. The van der Waals surface area contributed by atoms with Crippen molar-refractivity contribution >= 4 is 0 Å². The second-order valence-electron chi connectivity index (χ2n) is 3.79. The van der Waals surface area contributed by atoms with Crippen molar-refractivity contribution in [2.24, 2.45) is 23.6 Å². The van der Waals surface area contributed by atoms with Gasteiger partial charge in [-0.3, -0.25) is 0 Å². The van der Waals surface area contributed by atoms with Crippen molar-refractivity contribution in [3.05, 3.63) is 36.4 Å². The van der Waals surface area contributed by atoms with Crippen LogP contribution in [-0.4, -0.2) is 0 Å². The van der Waals surface area contributed by atoms with E-state index < -0.39 is 0 Å². The van der Waals surface area contributed by atoms with Gasteiger partial charge in [-0.15, -0.1) is 0 Å². The Hall–Kier alpha value is -2.52. The highest BCUT2D eigenvalue weighted by Crippen LogP contribution is 2.35. The molecule has 2 aromatic carbocycles. The van der Waals surface area contributed by atoms with E-state index in [0.29, 0.717) is 23.0 Å². The average molecular weight is 278 g/mol. The molecule has 2 aromatic rings. The third-order valence-electron chi connectivity index (χ3n) is 2.73. The third-order valence-corrected chi connectivity index (χ3v) is 2.73. The van der Waals surface area contributed by atoms with E-state index in [-0.39, 0.29) is 0 Å². The number of rotatable bonds is 5. The van der Waals surface area contributed by atoms with Gasteiger partial charge in [0, 0.05) is 0 Å². The second kappa shape index (κ2) is 6.08. The van der Waals surface area contributed by atoms with Crippen LogP contribution >= 0.6 is 0 Å². The molecule has 0 bridgehead atoms. The highest BCUT2D eigenvalue weighted by molar-refractivity contribution is 5.70. The molecule has 106 valence electrons. The smallest absolute Gasteiger partial charge is 0.191 e. The normalized spacial score (nSPS) is 10.0. The van der Waals surface area contributed by atoms with Gasteiger partial charge in [0.25, 0.3) is 0 Å². The first kappa shape index (κ1) is 13.9. The summed E-state index contributed by atoms with van der Waals surface area (Å²) in [7, 11) is 0. The maximum absolute atomic E-state index is 5.16. The maximum Gasteiger partial charge on any atom is 0.191 e. The molecule has 0 aliphatic carbocycles. The second-order valence-corrected chi connectivity index (χ2v) is 3.79. The fourth-order valence-electron chi connectivity index (χ4n) is 1.75. The van der Waals surface area contributed by atoms with Crippen molar-refractivity contribution < 1.29 is 19.4 Å². The highest BCUT2D eigenvalue weighted by Gasteiger charge is 2.10. The minimum absolute atomic E-state index is 0.291. The van der Waals surface area contributed by atoms with Crippen molar-refractivity contribution in [3.63, 3.8) is 0 Å². The summed E-state index contributed by atoms with van der Waals surface area (Å²) in [4.78, 5) is 18.6. The van der Waals surface area contributed by atoms with Gasteiger partial charge in [0.2, 0.25) is 0 Å². The van der Waals surface area contributed by atoms with E-state index in [1.54, 1.807) is 36.4 Å². The van der Waals surface area contributed by atoms with Crippen molar-refractivity contribution in [2.75, 3.05) is 0 Å². The highest BCUT2D eigenvalue weighted by atomic mass is 16.7. The van der Waals surface area contributed by atoms with Crippen LogP contribution in [0.1, 0.15) is 0 Å². The molecular weight excluding hydrogens is 264 g/mol. The van der Waals surface area contributed by atoms with Crippen LogP contribution in [0, 0.1) is 0 Å². The zero-order valence-electron chi connectivity index (χ0n) is 10.4. The van der Waals surface area contributed by atoms with Crippen molar-refractivity contribution in [1.82, 2.24) is 0 Å². The molecule has 0 heterocycles. The fourth-order valence-corrected chi connectivity index (χ4v) is 1.75. The lowest BCUT2D eigenvalue weighted by atomic mass is 10.0. The van der Waals surface area contributed by atoms with Crippen LogP contribution in [0.3, 0.4) is 0 Å². The molecule has 0 aliphatic heterocycles. The molecule has 0 unspecified atom stereocenters. The van der Waals surface area contributed by atoms with E-state index in [2.05, 4.69) is 9.68 Å². The Morgan fingerprint density at radius 3 is 1.15 bits per heavy atom. The first-order valence-corrected chi connectivity index (χ1v) is 5.49. The van der Waals surface area contributed by atoms with Crippen molar-refractivity contribution in [1.29, 1.82) is 0 Å². The minimum Gasteiger partial charge on any atom is -0.407 e. The van der Waals surface area contributed by atoms with E-state index in [9.17, 15) is 0 Å². The Bertz CT molecular complexity index is 553. The van der Waals surface area contributed by atoms with Crippen LogP contribution in [0.5, 0.6) is 23.0 Å². The zero-order chi connectivity index (χ0) is 14.5. The fraction of sp³-hybridized carbons (Fsp3) is 0. The Balaban J connectivity index is 2.46. The molecule has 0 saturated heterocycles. The number of hydrogen-bond donors (Lipinski definition) is 4. The molecule has 0 amide bonds. The summed E-state index contributed by atoms with van der Waals surface area (Å²) in [6.45, 7) is 0. The van der Waals surface area contributed by atoms with Crippen LogP contribution in [0.4, 0.5) is 0 Å². The van der Waals surface area contributed by atoms with Gasteiger partial charge in [-0.05, 0) is 35.4 Å². The van der Waals surface area contributed by atoms with E-state index in [1.807, 2.05) is 0 Å². The Morgan fingerprint density at radius 1 is 0.500 bits per heavy atom. The molecule has 0 radical (unpaired) electrons. The molecule has 0 fully saturated rings. The predicted molar refractivity (Wildman–Crippen MR) is 71.1 cm³/mol. The summed E-state index contributed by atoms with van der Waals surface area (Å²) < 4.78 is 0. The third kappa shape index (κ3) is 2.58. The molecule has 0 aliphatic rings. The molecular formula is C12H14N4O4. The lowest BCUT2D eigenvalue weighted by Crippen LogP contribution is -2.09. The van der Waals surface area contributed by atoms with Crippen LogP contribution in [0.25, 0.3) is 11.1 Å². The predicted octanol–water partition coefficient (Wildman–Crippen LogP) is 0.364. The Morgan fingerprint density at radius 2 is 0.850 bits per heavy atom. The molecule has 0 aromatic heterocycles. The van der Waals surface area contributed by atoms with Crippen molar-refractivity contribution in [3.8, 4) is 34.1 Å². The molecule has 0 saturated carbocycles. The van der Waals surface area contributed by atoms with Gasteiger partial charge < -0.3 is 19.4 Å². The Labute approximate surface area is 114 Å². The first-order valence-electron chi connectivity index (χ1n) is 5.49. The summed E-state index contributed by atoms with van der Waals surface area (Å²) in [5.41, 5.74) is 1.57. The van der Waals surface area contributed by atoms with Gasteiger partial charge >= 0.3 is 0 Å². The lowest BCUT2D eigenvalue weighted by Gasteiger charge is -2.10. The van der Waals surface area contributed by atoms with Gasteiger partial charge in [-0.25, -0.2) is 0 Å². The molecule has 2 rings (SSSR count). The molecule has 0 atom stereocenters. The minimum atomic E-state index is 0.291. The molecule has 0 spiro atoms. The van der Waals surface area contributed by atoms with Crippen molar-refractivity contribution in [2.45, 2.75) is 0 Å². The van der Waals surface area contributed by atoms with E-state index in [4.69, 9.17) is 33.3 Å². The average Bonchev–Trinajstić information content (AvgIpc) is 2.53. The standard InChI is InChI=1S/C12H14N4O4/c13-17-9-3-1-7(5-11(9)19-15)8-2-4-10(18-14)12(6-8)20-16/h1-6H,13-16H2. The van der Waals surface area contributed by atoms with Gasteiger partial charge in [0.05, 0.1) is 0 Å². The summed E-state index contributed by atoms with van der Waals surface area (Å²) in [5.74, 6) is 21.7. The largest absolute Gasteiger partial charge is 0.407 e. The SMILES string of the molecule is NOc1ccc(-c2ccc(ON)c(ON)c2)cc1ON. The molecule has 8 N–H and O–H groups in total. The zero-order valence-corrected chi connectivity index (χ0v) is 10.4. The lowest BCUT2D eigenvalue weighted by molar-refractivity contribution is 0.280. The van der Waals surface area contributed by atoms with E-state index >= 15 is 0 Å². The number of hydrogen-bond acceptors (Lipinski definition) is 8. The molecule has 8 nitrogen and oxygen atoms in total. The summed E-state index contributed by atoms with van der Waals surface area (Å²) in [6, 6.07) is 10.1.